The number of aromatic nitrogens is 1. The molecular formula is C26H27N3O4. The monoisotopic (exact) mass is 445 g/mol. The second kappa shape index (κ2) is 9.32. The van der Waals surface area contributed by atoms with Gasteiger partial charge in [-0.1, -0.05) is 30.3 Å². The second-order valence-electron chi connectivity index (χ2n) is 8.26. The molecule has 0 spiro atoms. The minimum absolute atomic E-state index is 0.196. The van der Waals surface area contributed by atoms with Gasteiger partial charge in [-0.15, -0.1) is 0 Å². The third kappa shape index (κ3) is 4.39. The van der Waals surface area contributed by atoms with Crippen LogP contribution in [0.5, 0.6) is 11.5 Å². The molecule has 0 radical (unpaired) electrons. The Morgan fingerprint density at radius 3 is 2.61 bits per heavy atom. The number of hydrogen-bond acceptors (Lipinski definition) is 5. The molecule has 2 N–H and O–H groups in total. The van der Waals surface area contributed by atoms with Gasteiger partial charge in [0.15, 0.2) is 0 Å². The van der Waals surface area contributed by atoms with E-state index in [-0.39, 0.29) is 12.5 Å². The number of carbonyl (C=O) groups is 2. The van der Waals surface area contributed by atoms with Crippen LogP contribution in [0.3, 0.4) is 0 Å². The molecule has 1 aromatic heterocycles. The SMILES string of the molecule is COc1ccc(C(=O)N2CC[C@](Cc3ccccc3-c3cccnc3)(C(N)=O)C2)c(OC)c1. The van der Waals surface area contributed by atoms with Crippen LogP contribution >= 0.6 is 0 Å². The zero-order chi connectivity index (χ0) is 23.4. The molecule has 7 heteroatoms. The van der Waals surface area contributed by atoms with Crippen molar-refractivity contribution >= 4 is 11.8 Å². The van der Waals surface area contributed by atoms with E-state index in [9.17, 15) is 9.59 Å². The van der Waals surface area contributed by atoms with Gasteiger partial charge in [-0.2, -0.15) is 0 Å². The van der Waals surface area contributed by atoms with Crippen molar-refractivity contribution < 1.29 is 19.1 Å². The molecule has 2 heterocycles. The van der Waals surface area contributed by atoms with Crippen LogP contribution in [0.1, 0.15) is 22.3 Å². The van der Waals surface area contributed by atoms with Crippen LogP contribution in [0.25, 0.3) is 11.1 Å². The molecule has 7 nitrogen and oxygen atoms in total. The largest absolute Gasteiger partial charge is 0.497 e. The Morgan fingerprint density at radius 2 is 1.91 bits per heavy atom. The number of rotatable bonds is 7. The highest BCUT2D eigenvalue weighted by molar-refractivity contribution is 5.98. The summed E-state index contributed by atoms with van der Waals surface area (Å²) < 4.78 is 10.6. The van der Waals surface area contributed by atoms with Gasteiger partial charge >= 0.3 is 0 Å². The van der Waals surface area contributed by atoms with Crippen LogP contribution in [0.4, 0.5) is 0 Å². The van der Waals surface area contributed by atoms with Crippen LogP contribution in [0, 0.1) is 5.41 Å². The number of likely N-dealkylation sites (tertiary alicyclic amines) is 1. The molecule has 1 saturated heterocycles. The topological polar surface area (TPSA) is 94.8 Å². The molecule has 170 valence electrons. The van der Waals surface area contributed by atoms with Crippen molar-refractivity contribution in [2.75, 3.05) is 27.3 Å². The quantitative estimate of drug-likeness (QED) is 0.602. The molecule has 2 amide bonds. The summed E-state index contributed by atoms with van der Waals surface area (Å²) in [6, 6.07) is 16.9. The van der Waals surface area contributed by atoms with Crippen LogP contribution in [-0.2, 0) is 11.2 Å². The first-order valence-corrected chi connectivity index (χ1v) is 10.8. The number of carbonyl (C=O) groups excluding carboxylic acids is 2. The summed E-state index contributed by atoms with van der Waals surface area (Å²) in [6.07, 6.45) is 4.46. The summed E-state index contributed by atoms with van der Waals surface area (Å²) in [5, 5.41) is 0. The van der Waals surface area contributed by atoms with Crippen LogP contribution < -0.4 is 15.2 Å². The Hall–Kier alpha value is -3.87. The molecular weight excluding hydrogens is 418 g/mol. The van der Waals surface area contributed by atoms with Gasteiger partial charge in [-0.05, 0) is 42.2 Å². The summed E-state index contributed by atoms with van der Waals surface area (Å²) in [6.45, 7) is 0.684. The Balaban J connectivity index is 1.62. The summed E-state index contributed by atoms with van der Waals surface area (Å²) in [5.41, 5.74) is 8.49. The lowest BCUT2D eigenvalue weighted by atomic mass is 9.78. The second-order valence-corrected chi connectivity index (χ2v) is 8.26. The molecule has 0 aliphatic carbocycles. The smallest absolute Gasteiger partial charge is 0.257 e. The van der Waals surface area contributed by atoms with Gasteiger partial charge in [0.25, 0.3) is 5.91 Å². The zero-order valence-electron chi connectivity index (χ0n) is 18.8. The number of nitrogens with two attached hydrogens (primary N) is 1. The Kier molecular flexibility index (Phi) is 6.31. The van der Waals surface area contributed by atoms with E-state index < -0.39 is 11.3 Å². The van der Waals surface area contributed by atoms with Crippen molar-refractivity contribution in [2.24, 2.45) is 11.1 Å². The summed E-state index contributed by atoms with van der Waals surface area (Å²) in [5.74, 6) is 0.430. The molecule has 1 fully saturated rings. The number of benzene rings is 2. The maximum Gasteiger partial charge on any atom is 0.257 e. The highest BCUT2D eigenvalue weighted by Crippen LogP contribution is 2.38. The van der Waals surface area contributed by atoms with Gasteiger partial charge in [-0.3, -0.25) is 14.6 Å². The van der Waals surface area contributed by atoms with Crippen LogP contribution in [0.15, 0.2) is 67.0 Å². The van der Waals surface area contributed by atoms with E-state index >= 15 is 0 Å². The fourth-order valence-electron chi connectivity index (χ4n) is 4.47. The fraction of sp³-hybridized carbons (Fsp3) is 0.269. The molecule has 0 bridgehead atoms. The van der Waals surface area contributed by atoms with Crippen LogP contribution in [0.2, 0.25) is 0 Å². The number of methoxy groups -OCH3 is 2. The summed E-state index contributed by atoms with van der Waals surface area (Å²) in [4.78, 5) is 31.9. The molecule has 4 rings (SSSR count). The van der Waals surface area contributed by atoms with Gasteiger partial charge in [0.2, 0.25) is 5.91 Å². The lowest BCUT2D eigenvalue weighted by Gasteiger charge is -2.27. The first-order chi connectivity index (χ1) is 16.0. The highest BCUT2D eigenvalue weighted by Gasteiger charge is 2.45. The summed E-state index contributed by atoms with van der Waals surface area (Å²) >= 11 is 0. The predicted octanol–water partition coefficient (Wildman–Crippen LogP) is 3.33. The zero-order valence-corrected chi connectivity index (χ0v) is 18.8. The van der Waals surface area contributed by atoms with E-state index in [1.807, 2.05) is 36.4 Å². The van der Waals surface area contributed by atoms with Gasteiger partial charge in [0, 0.05) is 37.1 Å². The van der Waals surface area contributed by atoms with Crippen LogP contribution in [-0.4, -0.2) is 49.0 Å². The lowest BCUT2D eigenvalue weighted by molar-refractivity contribution is -0.126. The number of ether oxygens (including phenoxy) is 2. The van der Waals surface area contributed by atoms with E-state index in [0.717, 1.165) is 16.7 Å². The van der Waals surface area contributed by atoms with E-state index in [1.165, 1.54) is 7.11 Å². The maximum absolute atomic E-state index is 13.3. The van der Waals surface area contributed by atoms with Gasteiger partial charge in [-0.25, -0.2) is 0 Å². The van der Waals surface area contributed by atoms with Gasteiger partial charge < -0.3 is 20.1 Å². The maximum atomic E-state index is 13.3. The van der Waals surface area contributed by atoms with E-state index in [0.29, 0.717) is 36.4 Å². The number of pyridine rings is 1. The Morgan fingerprint density at radius 1 is 1.09 bits per heavy atom. The Bertz CT molecular complexity index is 1170. The fourth-order valence-corrected chi connectivity index (χ4v) is 4.47. The van der Waals surface area contributed by atoms with E-state index in [1.54, 1.807) is 42.6 Å². The first kappa shape index (κ1) is 22.3. The first-order valence-electron chi connectivity index (χ1n) is 10.8. The minimum Gasteiger partial charge on any atom is -0.497 e. The van der Waals surface area contributed by atoms with Crippen molar-refractivity contribution in [2.45, 2.75) is 12.8 Å². The average molecular weight is 446 g/mol. The van der Waals surface area contributed by atoms with Crippen molar-refractivity contribution in [3.05, 3.63) is 78.1 Å². The molecule has 3 aromatic rings. The molecule has 0 unspecified atom stereocenters. The normalized spacial score (nSPS) is 17.6. The minimum atomic E-state index is -0.853. The number of nitrogens with zero attached hydrogens (tertiary/aromatic N) is 2. The van der Waals surface area contributed by atoms with Gasteiger partial charge in [0.05, 0.1) is 25.2 Å². The number of amides is 2. The van der Waals surface area contributed by atoms with Gasteiger partial charge in [0.1, 0.15) is 11.5 Å². The average Bonchev–Trinajstić information content (AvgIpc) is 3.29. The standard InChI is InChI=1S/C26H27N3O4/c1-32-20-9-10-22(23(14-20)33-2)24(30)29-13-11-26(17-29,25(27)31)15-18-6-3-4-8-21(18)19-7-5-12-28-16-19/h3-10,12,14,16H,11,13,15,17H2,1-2H3,(H2,27,31)/t26-/m1/s1. The molecule has 1 atom stereocenters. The van der Waals surface area contributed by atoms with E-state index in [2.05, 4.69) is 4.98 Å². The third-order valence-electron chi connectivity index (χ3n) is 6.32. The van der Waals surface area contributed by atoms with Crippen molar-refractivity contribution in [3.8, 4) is 22.6 Å². The number of primary amides is 1. The molecule has 33 heavy (non-hydrogen) atoms. The highest BCUT2D eigenvalue weighted by atomic mass is 16.5. The Labute approximate surface area is 193 Å². The molecule has 2 aromatic carbocycles. The molecule has 1 aliphatic rings. The molecule has 1 aliphatic heterocycles. The third-order valence-corrected chi connectivity index (χ3v) is 6.32. The van der Waals surface area contributed by atoms with Crippen molar-refractivity contribution in [3.63, 3.8) is 0 Å². The lowest BCUT2D eigenvalue weighted by Crippen LogP contribution is -2.42. The predicted molar refractivity (Wildman–Crippen MR) is 125 cm³/mol. The summed E-state index contributed by atoms with van der Waals surface area (Å²) in [7, 11) is 3.07. The number of hydrogen-bond donors (Lipinski definition) is 1. The van der Waals surface area contributed by atoms with E-state index in [4.69, 9.17) is 15.2 Å². The van der Waals surface area contributed by atoms with Crippen molar-refractivity contribution in [1.29, 1.82) is 0 Å². The molecule has 0 saturated carbocycles. The van der Waals surface area contributed by atoms with Crippen molar-refractivity contribution in [1.82, 2.24) is 9.88 Å².